The Bertz CT molecular complexity index is 855. The van der Waals surface area contributed by atoms with Crippen LogP contribution in [-0.2, 0) is 22.6 Å². The van der Waals surface area contributed by atoms with E-state index >= 15 is 0 Å². The molecule has 0 radical (unpaired) electrons. The maximum absolute atomic E-state index is 12.3. The average Bonchev–Trinajstić information content (AvgIpc) is 3.21. The minimum Gasteiger partial charge on any atom is -0.481 e. The molecule has 1 aliphatic rings. The third kappa shape index (κ3) is 4.80. The van der Waals surface area contributed by atoms with E-state index in [1.165, 1.54) is 11.1 Å². The number of carbonyl (C=O) groups excluding carboxylic acids is 1. The molecule has 0 bridgehead atoms. The molecule has 2 N–H and O–H groups in total. The highest BCUT2D eigenvalue weighted by atomic mass is 16.4. The molecule has 0 aliphatic heterocycles. The molecule has 0 unspecified atom stereocenters. The number of amides is 1. The lowest BCUT2D eigenvalue weighted by molar-refractivity contribution is -0.141. The first kappa shape index (κ1) is 20.1. The zero-order valence-corrected chi connectivity index (χ0v) is 16.9. The predicted molar refractivity (Wildman–Crippen MR) is 107 cm³/mol. The number of carbonyl (C=O) groups is 2. The molecule has 1 heterocycles. The van der Waals surface area contributed by atoms with Crippen molar-refractivity contribution in [1.82, 2.24) is 15.1 Å². The van der Waals surface area contributed by atoms with Crippen molar-refractivity contribution < 1.29 is 14.7 Å². The van der Waals surface area contributed by atoms with Crippen LogP contribution in [-0.4, -0.2) is 32.8 Å². The fourth-order valence-electron chi connectivity index (χ4n) is 3.99. The monoisotopic (exact) mass is 383 g/mol. The van der Waals surface area contributed by atoms with E-state index in [1.807, 2.05) is 11.6 Å². The molecule has 1 aliphatic carbocycles. The molecule has 2 aromatic rings. The van der Waals surface area contributed by atoms with Crippen molar-refractivity contribution in [3.05, 3.63) is 52.3 Å². The lowest BCUT2D eigenvalue weighted by Crippen LogP contribution is -2.33. The summed E-state index contributed by atoms with van der Waals surface area (Å²) in [7, 11) is 0. The van der Waals surface area contributed by atoms with Crippen LogP contribution in [0.2, 0.25) is 0 Å². The first-order chi connectivity index (χ1) is 13.3. The molecule has 1 aromatic heterocycles. The van der Waals surface area contributed by atoms with E-state index in [-0.39, 0.29) is 17.9 Å². The van der Waals surface area contributed by atoms with Crippen LogP contribution in [0.3, 0.4) is 0 Å². The Hall–Kier alpha value is -2.63. The van der Waals surface area contributed by atoms with Gasteiger partial charge in [0.05, 0.1) is 18.2 Å². The fourth-order valence-corrected chi connectivity index (χ4v) is 3.99. The summed E-state index contributed by atoms with van der Waals surface area (Å²) < 4.78 is 2.00. The van der Waals surface area contributed by atoms with Crippen molar-refractivity contribution in [2.45, 2.75) is 65.5 Å². The lowest BCUT2D eigenvalue weighted by Gasteiger charge is -2.12. The van der Waals surface area contributed by atoms with Crippen LogP contribution < -0.4 is 5.32 Å². The van der Waals surface area contributed by atoms with Crippen LogP contribution in [0.15, 0.2) is 24.3 Å². The van der Waals surface area contributed by atoms with E-state index in [9.17, 15) is 9.59 Å². The van der Waals surface area contributed by atoms with Gasteiger partial charge in [-0.2, -0.15) is 5.10 Å². The summed E-state index contributed by atoms with van der Waals surface area (Å²) in [5.74, 6) is -1.10. The van der Waals surface area contributed by atoms with Crippen molar-refractivity contribution in [1.29, 1.82) is 0 Å². The maximum atomic E-state index is 12.3. The molecule has 1 aromatic carbocycles. The molecular formula is C22H29N3O3. The van der Waals surface area contributed by atoms with Crippen molar-refractivity contribution in [2.75, 3.05) is 0 Å². The van der Waals surface area contributed by atoms with E-state index < -0.39 is 5.97 Å². The Kier molecular flexibility index (Phi) is 6.17. The Labute approximate surface area is 166 Å². The molecule has 0 spiro atoms. The average molecular weight is 383 g/mol. The number of hydrogen-bond donors (Lipinski definition) is 2. The van der Waals surface area contributed by atoms with Gasteiger partial charge in [0, 0.05) is 18.2 Å². The number of nitrogens with one attached hydrogen (secondary N) is 1. The number of hydrogen-bond acceptors (Lipinski definition) is 3. The summed E-state index contributed by atoms with van der Waals surface area (Å²) in [5.41, 5.74) is 5.62. The minimum absolute atomic E-state index is 0.0128. The number of aryl methyl sites for hydroxylation is 2. The second kappa shape index (κ2) is 8.59. The van der Waals surface area contributed by atoms with Crippen molar-refractivity contribution in [3.8, 4) is 0 Å². The molecule has 3 rings (SSSR count). The summed E-state index contributed by atoms with van der Waals surface area (Å²) >= 11 is 0. The first-order valence-corrected chi connectivity index (χ1v) is 9.94. The van der Waals surface area contributed by atoms with Gasteiger partial charge in [0.2, 0.25) is 5.91 Å². The zero-order chi connectivity index (χ0) is 20.3. The number of aromatic nitrogens is 2. The molecule has 1 amide bonds. The van der Waals surface area contributed by atoms with Crippen LogP contribution in [0.1, 0.15) is 53.8 Å². The van der Waals surface area contributed by atoms with E-state index in [0.717, 1.165) is 29.9 Å². The SMILES string of the molecule is Cc1ccc(Cn2nc(C)c(CCC(=O)N[C@H]3CC[C@@H](C(=O)O)C3)c2C)cc1. The highest BCUT2D eigenvalue weighted by Crippen LogP contribution is 2.26. The third-order valence-corrected chi connectivity index (χ3v) is 5.73. The van der Waals surface area contributed by atoms with Crippen molar-refractivity contribution >= 4 is 11.9 Å². The number of carboxylic acids is 1. The quantitative estimate of drug-likeness (QED) is 0.769. The summed E-state index contributed by atoms with van der Waals surface area (Å²) in [6, 6.07) is 8.42. The number of carboxylic acid groups (broad SMARTS) is 1. The Morgan fingerprint density at radius 3 is 2.54 bits per heavy atom. The van der Waals surface area contributed by atoms with E-state index in [1.54, 1.807) is 0 Å². The van der Waals surface area contributed by atoms with Gasteiger partial charge in [0.15, 0.2) is 0 Å². The molecule has 1 saturated carbocycles. The highest BCUT2D eigenvalue weighted by molar-refractivity contribution is 5.77. The summed E-state index contributed by atoms with van der Waals surface area (Å²) in [6.45, 7) is 6.83. The summed E-state index contributed by atoms with van der Waals surface area (Å²) in [4.78, 5) is 23.4. The summed E-state index contributed by atoms with van der Waals surface area (Å²) in [5, 5.41) is 16.7. The van der Waals surface area contributed by atoms with Gasteiger partial charge in [-0.3, -0.25) is 14.3 Å². The number of benzene rings is 1. The Morgan fingerprint density at radius 2 is 1.89 bits per heavy atom. The smallest absolute Gasteiger partial charge is 0.306 e. The van der Waals surface area contributed by atoms with E-state index in [4.69, 9.17) is 5.11 Å². The molecule has 6 nitrogen and oxygen atoms in total. The largest absolute Gasteiger partial charge is 0.481 e. The van der Waals surface area contributed by atoms with Crippen LogP contribution >= 0.6 is 0 Å². The molecule has 0 saturated heterocycles. The van der Waals surface area contributed by atoms with Crippen LogP contribution in [0.4, 0.5) is 0 Å². The van der Waals surface area contributed by atoms with Gasteiger partial charge in [-0.05, 0) is 57.6 Å². The van der Waals surface area contributed by atoms with Gasteiger partial charge in [0.1, 0.15) is 0 Å². The first-order valence-electron chi connectivity index (χ1n) is 9.94. The highest BCUT2D eigenvalue weighted by Gasteiger charge is 2.30. The van der Waals surface area contributed by atoms with Crippen LogP contribution in [0.25, 0.3) is 0 Å². The van der Waals surface area contributed by atoms with Gasteiger partial charge in [0.25, 0.3) is 0 Å². The Morgan fingerprint density at radius 1 is 1.18 bits per heavy atom. The standard InChI is InChI=1S/C22H29N3O3/c1-14-4-6-17(7-5-14)13-25-16(3)20(15(2)24-25)10-11-21(26)23-19-9-8-18(12-19)22(27)28/h4-7,18-19H,8-13H2,1-3H3,(H,23,26)(H,27,28)/t18-,19+/m1/s1. The van der Waals surface area contributed by atoms with Crippen LogP contribution in [0, 0.1) is 26.7 Å². The van der Waals surface area contributed by atoms with Gasteiger partial charge >= 0.3 is 5.97 Å². The number of aliphatic carboxylic acids is 1. The zero-order valence-electron chi connectivity index (χ0n) is 16.9. The molecular weight excluding hydrogens is 354 g/mol. The lowest BCUT2D eigenvalue weighted by atomic mass is 10.1. The van der Waals surface area contributed by atoms with Gasteiger partial charge in [-0.1, -0.05) is 29.8 Å². The second-order valence-corrected chi connectivity index (χ2v) is 7.91. The number of nitrogens with zero attached hydrogens (tertiary/aromatic N) is 2. The summed E-state index contributed by atoms with van der Waals surface area (Å²) in [6.07, 6.45) is 2.96. The van der Waals surface area contributed by atoms with Gasteiger partial charge in [-0.15, -0.1) is 0 Å². The van der Waals surface area contributed by atoms with Gasteiger partial charge in [-0.25, -0.2) is 0 Å². The van der Waals surface area contributed by atoms with E-state index in [0.29, 0.717) is 25.7 Å². The molecule has 1 fully saturated rings. The Balaban J connectivity index is 1.56. The molecule has 150 valence electrons. The molecule has 6 heteroatoms. The van der Waals surface area contributed by atoms with E-state index in [2.05, 4.69) is 48.5 Å². The maximum Gasteiger partial charge on any atom is 0.306 e. The van der Waals surface area contributed by atoms with Gasteiger partial charge < -0.3 is 10.4 Å². The predicted octanol–water partition coefficient (Wildman–Crippen LogP) is 3.16. The second-order valence-electron chi connectivity index (χ2n) is 7.91. The minimum atomic E-state index is -0.760. The molecule has 2 atom stereocenters. The van der Waals surface area contributed by atoms with Crippen molar-refractivity contribution in [2.24, 2.45) is 5.92 Å². The number of rotatable bonds is 7. The van der Waals surface area contributed by atoms with Crippen molar-refractivity contribution in [3.63, 3.8) is 0 Å². The normalized spacial score (nSPS) is 19.0. The van der Waals surface area contributed by atoms with Crippen LogP contribution in [0.5, 0.6) is 0 Å². The topological polar surface area (TPSA) is 84.2 Å². The fraction of sp³-hybridized carbons (Fsp3) is 0.500. The molecule has 28 heavy (non-hydrogen) atoms. The third-order valence-electron chi connectivity index (χ3n) is 5.73.